The third kappa shape index (κ3) is 3.63. The van der Waals surface area contributed by atoms with Gasteiger partial charge in [-0.15, -0.1) is 0 Å². The molecule has 0 saturated heterocycles. The van der Waals surface area contributed by atoms with Crippen LogP contribution in [0.5, 0.6) is 0 Å². The van der Waals surface area contributed by atoms with Gasteiger partial charge in [0, 0.05) is 30.6 Å². The first kappa shape index (κ1) is 14.3. The molecule has 1 amide bonds. The fourth-order valence-corrected chi connectivity index (χ4v) is 1.70. The van der Waals surface area contributed by atoms with E-state index in [-0.39, 0.29) is 18.1 Å². The lowest BCUT2D eigenvalue weighted by Gasteiger charge is -2.28. The molecular formula is C13H21N3O2. The van der Waals surface area contributed by atoms with E-state index < -0.39 is 0 Å². The monoisotopic (exact) mass is 251 g/mol. The van der Waals surface area contributed by atoms with Crippen LogP contribution in [0.3, 0.4) is 0 Å². The Balaban J connectivity index is 3.06. The lowest BCUT2D eigenvalue weighted by molar-refractivity contribution is 0.0964. The summed E-state index contributed by atoms with van der Waals surface area (Å²) in [5.41, 5.74) is 7.23. The first-order valence-corrected chi connectivity index (χ1v) is 5.90. The maximum Gasteiger partial charge on any atom is 0.253 e. The summed E-state index contributed by atoms with van der Waals surface area (Å²) in [7, 11) is 1.58. The van der Waals surface area contributed by atoms with Gasteiger partial charge in [0.2, 0.25) is 0 Å². The molecule has 0 saturated carbocycles. The zero-order chi connectivity index (χ0) is 13.8. The SMILES string of the molecule is CNC(=O)c1ccc(N)cc1NC(C)(C)CCO. The normalized spacial score (nSPS) is 11.1. The van der Waals surface area contributed by atoms with Crippen LogP contribution in [-0.2, 0) is 0 Å². The standard InChI is InChI=1S/C13H21N3O2/c1-13(2,6-7-17)16-11-8-9(14)4-5-10(11)12(18)15-3/h4-5,8,16-17H,6-7,14H2,1-3H3,(H,15,18). The van der Waals surface area contributed by atoms with Crippen molar-refractivity contribution in [3.8, 4) is 0 Å². The Labute approximate surface area is 107 Å². The van der Waals surface area contributed by atoms with Crippen molar-refractivity contribution in [2.45, 2.75) is 25.8 Å². The fourth-order valence-electron chi connectivity index (χ4n) is 1.70. The van der Waals surface area contributed by atoms with E-state index in [1.54, 1.807) is 25.2 Å². The van der Waals surface area contributed by atoms with Crippen molar-refractivity contribution in [3.05, 3.63) is 23.8 Å². The molecule has 0 aromatic heterocycles. The van der Waals surface area contributed by atoms with E-state index in [4.69, 9.17) is 10.8 Å². The topological polar surface area (TPSA) is 87.4 Å². The fraction of sp³-hybridized carbons (Fsp3) is 0.462. The van der Waals surface area contributed by atoms with Gasteiger partial charge in [0.05, 0.1) is 5.56 Å². The highest BCUT2D eigenvalue weighted by molar-refractivity contribution is 6.00. The number of rotatable bonds is 5. The van der Waals surface area contributed by atoms with Gasteiger partial charge >= 0.3 is 0 Å². The number of nitrogens with two attached hydrogens (primary N) is 1. The predicted octanol–water partition coefficient (Wildman–Crippen LogP) is 1.20. The third-order valence-electron chi connectivity index (χ3n) is 2.73. The van der Waals surface area contributed by atoms with Gasteiger partial charge in [-0.05, 0) is 38.5 Å². The number of benzene rings is 1. The summed E-state index contributed by atoms with van der Waals surface area (Å²) in [5.74, 6) is -0.169. The van der Waals surface area contributed by atoms with Crippen LogP contribution >= 0.6 is 0 Å². The number of aliphatic hydroxyl groups excluding tert-OH is 1. The summed E-state index contributed by atoms with van der Waals surface area (Å²) in [6, 6.07) is 5.10. The molecule has 0 aliphatic heterocycles. The molecule has 0 unspecified atom stereocenters. The highest BCUT2D eigenvalue weighted by Gasteiger charge is 2.20. The van der Waals surface area contributed by atoms with Gasteiger partial charge in [0.25, 0.3) is 5.91 Å². The smallest absolute Gasteiger partial charge is 0.253 e. The molecule has 0 radical (unpaired) electrons. The second kappa shape index (κ2) is 5.73. The molecule has 1 aromatic carbocycles. The van der Waals surface area contributed by atoms with Crippen molar-refractivity contribution in [2.75, 3.05) is 24.7 Å². The molecule has 0 aliphatic carbocycles. The molecular weight excluding hydrogens is 230 g/mol. The number of hydrogen-bond acceptors (Lipinski definition) is 4. The van der Waals surface area contributed by atoms with Gasteiger partial charge in [-0.25, -0.2) is 0 Å². The molecule has 0 bridgehead atoms. The van der Waals surface area contributed by atoms with Gasteiger partial charge in [-0.1, -0.05) is 0 Å². The number of carbonyl (C=O) groups excluding carboxylic acids is 1. The van der Waals surface area contributed by atoms with Gasteiger partial charge < -0.3 is 21.5 Å². The molecule has 1 rings (SSSR count). The van der Waals surface area contributed by atoms with E-state index in [9.17, 15) is 4.79 Å². The van der Waals surface area contributed by atoms with Crippen molar-refractivity contribution < 1.29 is 9.90 Å². The molecule has 0 heterocycles. The minimum Gasteiger partial charge on any atom is -0.399 e. The van der Waals surface area contributed by atoms with Crippen LogP contribution in [0.15, 0.2) is 18.2 Å². The molecule has 5 heteroatoms. The summed E-state index contributed by atoms with van der Waals surface area (Å²) in [4.78, 5) is 11.7. The van der Waals surface area contributed by atoms with Crippen molar-refractivity contribution in [2.24, 2.45) is 0 Å². The Bertz CT molecular complexity index is 430. The molecule has 18 heavy (non-hydrogen) atoms. The highest BCUT2D eigenvalue weighted by Crippen LogP contribution is 2.24. The third-order valence-corrected chi connectivity index (χ3v) is 2.73. The van der Waals surface area contributed by atoms with E-state index in [0.29, 0.717) is 23.4 Å². The van der Waals surface area contributed by atoms with Crippen LogP contribution in [0.2, 0.25) is 0 Å². The summed E-state index contributed by atoms with van der Waals surface area (Å²) in [5, 5.41) is 14.8. The molecule has 1 aromatic rings. The number of anilines is 2. The predicted molar refractivity (Wildman–Crippen MR) is 73.6 cm³/mol. The lowest BCUT2D eigenvalue weighted by Crippen LogP contribution is -2.33. The van der Waals surface area contributed by atoms with Gasteiger partial charge in [0.15, 0.2) is 0 Å². The van der Waals surface area contributed by atoms with Crippen molar-refractivity contribution in [1.29, 1.82) is 0 Å². The molecule has 5 N–H and O–H groups in total. The number of carbonyl (C=O) groups is 1. The highest BCUT2D eigenvalue weighted by atomic mass is 16.3. The second-order valence-electron chi connectivity index (χ2n) is 4.87. The average Bonchev–Trinajstić information content (AvgIpc) is 2.27. The number of aliphatic hydroxyl groups is 1. The van der Waals surface area contributed by atoms with E-state index >= 15 is 0 Å². The van der Waals surface area contributed by atoms with Crippen LogP contribution in [0.25, 0.3) is 0 Å². The Morgan fingerprint density at radius 3 is 2.67 bits per heavy atom. The van der Waals surface area contributed by atoms with E-state index in [1.165, 1.54) is 0 Å². The first-order valence-electron chi connectivity index (χ1n) is 5.90. The number of hydrogen-bond donors (Lipinski definition) is 4. The average molecular weight is 251 g/mol. The maximum atomic E-state index is 11.7. The molecule has 0 aliphatic rings. The molecule has 100 valence electrons. The van der Waals surface area contributed by atoms with Crippen LogP contribution in [-0.4, -0.2) is 30.2 Å². The Kier molecular flexibility index (Phi) is 4.55. The largest absolute Gasteiger partial charge is 0.399 e. The maximum absolute atomic E-state index is 11.7. The van der Waals surface area contributed by atoms with Gasteiger partial charge in [-0.2, -0.15) is 0 Å². The van der Waals surface area contributed by atoms with Crippen LogP contribution < -0.4 is 16.4 Å². The van der Waals surface area contributed by atoms with E-state index in [2.05, 4.69) is 10.6 Å². The summed E-state index contributed by atoms with van der Waals surface area (Å²) in [6.45, 7) is 4.00. The van der Waals surface area contributed by atoms with Crippen molar-refractivity contribution in [3.63, 3.8) is 0 Å². The number of nitrogens with one attached hydrogen (secondary N) is 2. The van der Waals surface area contributed by atoms with Crippen molar-refractivity contribution in [1.82, 2.24) is 5.32 Å². The number of nitrogen functional groups attached to an aromatic ring is 1. The zero-order valence-corrected chi connectivity index (χ0v) is 11.1. The van der Waals surface area contributed by atoms with Crippen LogP contribution in [0.1, 0.15) is 30.6 Å². The molecule has 0 fully saturated rings. The van der Waals surface area contributed by atoms with Gasteiger partial charge in [-0.3, -0.25) is 4.79 Å². The van der Waals surface area contributed by atoms with Crippen LogP contribution in [0.4, 0.5) is 11.4 Å². The second-order valence-corrected chi connectivity index (χ2v) is 4.87. The van der Waals surface area contributed by atoms with Crippen molar-refractivity contribution >= 4 is 17.3 Å². The number of amides is 1. The van der Waals surface area contributed by atoms with Crippen LogP contribution in [0, 0.1) is 0 Å². The first-order chi connectivity index (χ1) is 8.39. The lowest BCUT2D eigenvalue weighted by atomic mass is 9.99. The Morgan fingerprint density at radius 2 is 2.11 bits per heavy atom. The molecule has 0 spiro atoms. The molecule has 0 atom stereocenters. The summed E-state index contributed by atoms with van der Waals surface area (Å²) < 4.78 is 0. The zero-order valence-electron chi connectivity index (χ0n) is 11.1. The van der Waals surface area contributed by atoms with E-state index in [1.807, 2.05) is 13.8 Å². The minimum absolute atomic E-state index is 0.0810. The Morgan fingerprint density at radius 1 is 1.44 bits per heavy atom. The Hall–Kier alpha value is -1.75. The summed E-state index contributed by atoms with van der Waals surface area (Å²) in [6.07, 6.45) is 0.578. The van der Waals surface area contributed by atoms with E-state index in [0.717, 1.165) is 0 Å². The van der Waals surface area contributed by atoms with Gasteiger partial charge in [0.1, 0.15) is 0 Å². The quantitative estimate of drug-likeness (QED) is 0.592. The minimum atomic E-state index is -0.314. The molecule has 5 nitrogen and oxygen atoms in total. The summed E-state index contributed by atoms with van der Waals surface area (Å²) >= 11 is 0.